The minimum atomic E-state index is 0.121. The van der Waals surface area contributed by atoms with Gasteiger partial charge in [0.05, 0.1) is 5.75 Å². The SMILES string of the molecule is C[C@H]1[C@@H](C)CCC[C@H]1NC(=O)CSc1ccc2c(c1)OCCO2. The van der Waals surface area contributed by atoms with Crippen molar-refractivity contribution in [3.63, 3.8) is 0 Å². The molecule has 3 atom stereocenters. The minimum Gasteiger partial charge on any atom is -0.486 e. The molecule has 1 aromatic rings. The lowest BCUT2D eigenvalue weighted by Gasteiger charge is -2.34. The number of benzene rings is 1. The molecular formula is C18H25NO3S. The van der Waals surface area contributed by atoms with Crippen molar-refractivity contribution in [3.8, 4) is 11.5 Å². The van der Waals surface area contributed by atoms with Crippen molar-refractivity contribution in [3.05, 3.63) is 18.2 Å². The number of thioether (sulfide) groups is 1. The number of ether oxygens (including phenoxy) is 2. The van der Waals surface area contributed by atoms with Crippen molar-refractivity contribution in [1.82, 2.24) is 5.32 Å². The van der Waals surface area contributed by atoms with Gasteiger partial charge in [0.2, 0.25) is 5.91 Å². The van der Waals surface area contributed by atoms with Gasteiger partial charge in [-0.05, 0) is 36.5 Å². The van der Waals surface area contributed by atoms with Crippen LogP contribution in [0.4, 0.5) is 0 Å². The maximum Gasteiger partial charge on any atom is 0.230 e. The fraction of sp³-hybridized carbons (Fsp3) is 0.611. The minimum absolute atomic E-state index is 0.121. The second-order valence-corrected chi connectivity index (χ2v) is 7.58. The summed E-state index contributed by atoms with van der Waals surface area (Å²) in [4.78, 5) is 13.3. The standard InChI is InChI=1S/C18H25NO3S/c1-12-4-3-5-15(13(12)2)19-18(20)11-23-14-6-7-16-17(10-14)22-9-8-21-16/h6-7,10,12-13,15H,3-5,8-9,11H2,1-2H3,(H,19,20)/t12-,13-,15+/m0/s1. The average molecular weight is 335 g/mol. The summed E-state index contributed by atoms with van der Waals surface area (Å²) in [5, 5.41) is 3.22. The Labute approximate surface area is 142 Å². The largest absolute Gasteiger partial charge is 0.486 e. The molecule has 1 fully saturated rings. The zero-order valence-electron chi connectivity index (χ0n) is 13.8. The highest BCUT2D eigenvalue weighted by molar-refractivity contribution is 8.00. The van der Waals surface area contributed by atoms with Gasteiger partial charge in [0.25, 0.3) is 0 Å². The fourth-order valence-corrected chi connectivity index (χ4v) is 4.03. The van der Waals surface area contributed by atoms with Crippen LogP contribution in [0.5, 0.6) is 11.5 Å². The molecule has 0 aromatic heterocycles. The maximum atomic E-state index is 12.2. The third-order valence-electron chi connectivity index (χ3n) is 4.94. The molecule has 0 saturated heterocycles. The van der Waals surface area contributed by atoms with Crippen LogP contribution in [0.25, 0.3) is 0 Å². The summed E-state index contributed by atoms with van der Waals surface area (Å²) in [5.74, 6) is 3.38. The van der Waals surface area contributed by atoms with Crippen molar-refractivity contribution in [1.29, 1.82) is 0 Å². The molecule has 1 heterocycles. The molecule has 1 saturated carbocycles. The summed E-state index contributed by atoms with van der Waals surface area (Å²) in [6.07, 6.45) is 3.59. The monoisotopic (exact) mass is 335 g/mol. The van der Waals surface area contributed by atoms with E-state index in [2.05, 4.69) is 19.2 Å². The molecule has 0 bridgehead atoms. The molecule has 0 spiro atoms. The van der Waals surface area contributed by atoms with E-state index in [1.807, 2.05) is 18.2 Å². The van der Waals surface area contributed by atoms with Crippen LogP contribution in [0.2, 0.25) is 0 Å². The Morgan fingerprint density at radius 1 is 1.22 bits per heavy atom. The second-order valence-electron chi connectivity index (χ2n) is 6.54. The van der Waals surface area contributed by atoms with Gasteiger partial charge >= 0.3 is 0 Å². The number of fused-ring (bicyclic) bond motifs is 1. The van der Waals surface area contributed by atoms with E-state index in [9.17, 15) is 4.79 Å². The van der Waals surface area contributed by atoms with E-state index in [-0.39, 0.29) is 5.91 Å². The number of nitrogens with one attached hydrogen (secondary N) is 1. The first-order chi connectivity index (χ1) is 11.1. The fourth-order valence-electron chi connectivity index (χ4n) is 3.30. The molecule has 5 heteroatoms. The second kappa shape index (κ2) is 7.47. The Bertz CT molecular complexity index is 563. The molecule has 0 unspecified atom stereocenters. The van der Waals surface area contributed by atoms with E-state index in [0.717, 1.165) is 22.8 Å². The highest BCUT2D eigenvalue weighted by atomic mass is 32.2. The molecule has 1 aromatic carbocycles. The molecule has 2 aliphatic rings. The Morgan fingerprint density at radius 3 is 2.83 bits per heavy atom. The average Bonchev–Trinajstić information content (AvgIpc) is 2.57. The number of hydrogen-bond acceptors (Lipinski definition) is 4. The van der Waals surface area contributed by atoms with Gasteiger partial charge < -0.3 is 14.8 Å². The Hall–Kier alpha value is -1.36. The Morgan fingerprint density at radius 2 is 2.00 bits per heavy atom. The first-order valence-corrected chi connectivity index (χ1v) is 9.44. The van der Waals surface area contributed by atoms with Crippen LogP contribution in [-0.2, 0) is 4.79 Å². The highest BCUT2D eigenvalue weighted by Gasteiger charge is 2.28. The van der Waals surface area contributed by atoms with Crippen molar-refractivity contribution in [2.75, 3.05) is 19.0 Å². The molecule has 4 nitrogen and oxygen atoms in total. The van der Waals surface area contributed by atoms with Crippen LogP contribution in [-0.4, -0.2) is 30.9 Å². The third kappa shape index (κ3) is 4.14. The quantitative estimate of drug-likeness (QED) is 0.856. The van der Waals surface area contributed by atoms with E-state index in [0.29, 0.717) is 36.8 Å². The molecule has 1 amide bonds. The lowest BCUT2D eigenvalue weighted by atomic mass is 9.78. The number of rotatable bonds is 4. The summed E-state index contributed by atoms with van der Waals surface area (Å²) in [6, 6.07) is 6.18. The highest BCUT2D eigenvalue weighted by Crippen LogP contribution is 2.34. The van der Waals surface area contributed by atoms with Gasteiger partial charge in [-0.25, -0.2) is 0 Å². The number of amides is 1. The van der Waals surface area contributed by atoms with E-state index >= 15 is 0 Å². The summed E-state index contributed by atoms with van der Waals surface area (Å²) in [5.41, 5.74) is 0. The Kier molecular flexibility index (Phi) is 5.36. The van der Waals surface area contributed by atoms with Gasteiger partial charge in [-0.2, -0.15) is 0 Å². The van der Waals surface area contributed by atoms with Gasteiger partial charge in [-0.15, -0.1) is 11.8 Å². The number of carbonyl (C=O) groups excluding carboxylic acids is 1. The Balaban J connectivity index is 1.51. The molecule has 126 valence electrons. The van der Waals surface area contributed by atoms with Crippen molar-refractivity contribution in [2.24, 2.45) is 11.8 Å². The summed E-state index contributed by atoms with van der Waals surface area (Å²) in [6.45, 7) is 5.72. The van der Waals surface area contributed by atoms with Gasteiger partial charge in [0, 0.05) is 10.9 Å². The molecule has 1 N–H and O–H groups in total. The normalized spacial score (nSPS) is 26.6. The zero-order chi connectivity index (χ0) is 16.2. The van der Waals surface area contributed by atoms with Crippen LogP contribution in [0.15, 0.2) is 23.1 Å². The molecule has 0 radical (unpaired) electrons. The van der Waals surface area contributed by atoms with Gasteiger partial charge in [-0.3, -0.25) is 4.79 Å². The van der Waals surface area contributed by atoms with E-state index < -0.39 is 0 Å². The van der Waals surface area contributed by atoms with Crippen molar-refractivity contribution < 1.29 is 14.3 Å². The predicted octanol–water partition coefficient (Wildman–Crippen LogP) is 3.49. The molecular weight excluding hydrogens is 310 g/mol. The van der Waals surface area contributed by atoms with Crippen molar-refractivity contribution in [2.45, 2.75) is 44.0 Å². The molecule has 1 aliphatic carbocycles. The van der Waals surface area contributed by atoms with Crippen LogP contribution >= 0.6 is 11.8 Å². The van der Waals surface area contributed by atoms with Crippen LogP contribution in [0.3, 0.4) is 0 Å². The smallest absolute Gasteiger partial charge is 0.230 e. The van der Waals surface area contributed by atoms with E-state index in [1.165, 1.54) is 12.8 Å². The van der Waals surface area contributed by atoms with Crippen LogP contribution in [0, 0.1) is 11.8 Å². The first-order valence-electron chi connectivity index (χ1n) is 8.45. The first kappa shape index (κ1) is 16.5. The maximum absolute atomic E-state index is 12.2. The molecule has 3 rings (SSSR count). The van der Waals surface area contributed by atoms with Gasteiger partial charge in [-0.1, -0.05) is 26.7 Å². The lowest BCUT2D eigenvalue weighted by molar-refractivity contribution is -0.119. The van der Waals surface area contributed by atoms with Crippen LogP contribution < -0.4 is 14.8 Å². The van der Waals surface area contributed by atoms with Gasteiger partial charge in [0.1, 0.15) is 13.2 Å². The zero-order valence-corrected chi connectivity index (χ0v) is 14.7. The summed E-state index contributed by atoms with van der Waals surface area (Å²) >= 11 is 1.54. The topological polar surface area (TPSA) is 47.6 Å². The summed E-state index contributed by atoms with van der Waals surface area (Å²) in [7, 11) is 0. The van der Waals surface area contributed by atoms with Gasteiger partial charge in [0.15, 0.2) is 11.5 Å². The van der Waals surface area contributed by atoms with E-state index in [4.69, 9.17) is 9.47 Å². The third-order valence-corrected chi connectivity index (χ3v) is 5.93. The van der Waals surface area contributed by atoms with Crippen LogP contribution in [0.1, 0.15) is 33.1 Å². The number of hydrogen-bond donors (Lipinski definition) is 1. The number of carbonyl (C=O) groups is 1. The van der Waals surface area contributed by atoms with Crippen molar-refractivity contribution >= 4 is 17.7 Å². The summed E-state index contributed by atoms with van der Waals surface area (Å²) < 4.78 is 11.1. The van der Waals surface area contributed by atoms with E-state index in [1.54, 1.807) is 11.8 Å². The lowest BCUT2D eigenvalue weighted by Crippen LogP contribution is -2.44. The molecule has 1 aliphatic heterocycles. The predicted molar refractivity (Wildman–Crippen MR) is 92.3 cm³/mol. The molecule has 23 heavy (non-hydrogen) atoms.